The van der Waals surface area contributed by atoms with Crippen LogP contribution < -0.4 is 39.1 Å². The lowest BCUT2D eigenvalue weighted by atomic mass is 9.95. The fourth-order valence-electron chi connectivity index (χ4n) is 12.9. The molecule has 3 aromatic heterocycles. The third-order valence-corrected chi connectivity index (χ3v) is 18.3. The van der Waals surface area contributed by atoms with E-state index in [1.54, 1.807) is 4.90 Å². The molecule has 4 bridgehead atoms. The maximum Gasteiger partial charge on any atom is 0.330 e. The van der Waals surface area contributed by atoms with E-state index in [9.17, 15) is 38.4 Å². The Hall–Kier alpha value is -4.06. The third kappa shape index (κ3) is 11.5. The Morgan fingerprint density at radius 1 is 0.518 bits per heavy atom. The highest BCUT2D eigenvalue weighted by Gasteiger charge is 2.63. The number of urea groups is 1. The second-order valence-corrected chi connectivity index (χ2v) is 26.4. The minimum atomic E-state index is -0.714. The first-order valence-corrected chi connectivity index (χ1v) is 30.1. The van der Waals surface area contributed by atoms with Crippen LogP contribution in [0.15, 0.2) is 56.2 Å². The van der Waals surface area contributed by atoms with Gasteiger partial charge in [-0.3, -0.25) is 58.0 Å². The molecule has 0 saturated carbocycles. The predicted molar refractivity (Wildman–Crippen MR) is 295 cm³/mol. The average Bonchev–Trinajstić information content (AvgIpc) is 2.29. The van der Waals surface area contributed by atoms with Gasteiger partial charge >= 0.3 is 23.1 Å². The lowest BCUT2D eigenvalue weighted by Gasteiger charge is -2.41. The van der Waals surface area contributed by atoms with Crippen LogP contribution in [0.1, 0.15) is 126 Å². The summed E-state index contributed by atoms with van der Waals surface area (Å²) in [6, 6.07) is 0.830. The molecule has 10 saturated heterocycles. The number of hydrogen-bond acceptors (Lipinski definition) is 20. The number of alkyl halides is 1. The lowest BCUT2D eigenvalue weighted by Crippen LogP contribution is -2.65. The Morgan fingerprint density at radius 2 is 0.940 bits per heavy atom. The summed E-state index contributed by atoms with van der Waals surface area (Å²) in [6.45, 7) is 18.8. The van der Waals surface area contributed by atoms with E-state index in [0.717, 1.165) is 19.3 Å². The second kappa shape index (κ2) is 22.3. The zero-order chi connectivity index (χ0) is 59.7. The maximum atomic E-state index is 12.3. The molecule has 14 heterocycles. The smallest absolute Gasteiger partial charge is 0.330 e. The van der Waals surface area contributed by atoms with Crippen molar-refractivity contribution in [3.8, 4) is 0 Å². The van der Waals surface area contributed by atoms with Gasteiger partial charge in [-0.2, -0.15) is 0 Å². The topological polar surface area (TPSA) is 325 Å². The number of carbonyl (C=O) groups is 2. The van der Waals surface area contributed by atoms with Crippen molar-refractivity contribution in [2.24, 2.45) is 0 Å². The standard InChI is InChI=1S/3C13H17BrN2O5.C13H16N2O5/c1-13(2)20-8-6-4-3-5-7(14)10(17)15-12(18)16(5)11(19-6)9(8)21-13;2*1-4-7-8-9(21-13(2,3)20-8)11(19-7)16-5-6(14)10(17)15-12(16)18;1-13(2)19-9-7-4-3-6-5-8(16)14-12(17)15(6)11(18-7)10(9)20-13/h5-9,11H,3-4H2,1-2H3,(H,15,17,18);2*5,7-9,11H,4H2,1-3H3,(H,15,17,18);5,7,9-11H,3-4H2,1-2H3,(H,14,16,17)/t5?,6-,7?,8+,9?,11-;2*7-,8+,9?,11-;7-,9+,10?,11-/m1111/s1. The third-order valence-electron chi connectivity index (χ3n) is 16.1. The van der Waals surface area contributed by atoms with Crippen LogP contribution in [-0.4, -0.2) is 159 Å². The van der Waals surface area contributed by atoms with Crippen molar-refractivity contribution in [3.63, 3.8) is 0 Å². The average molecular weight is 1360 g/mol. The maximum absolute atomic E-state index is 12.3. The molecule has 14 rings (SSSR count). The van der Waals surface area contributed by atoms with Gasteiger partial charge in [0.2, 0.25) is 5.91 Å². The number of H-pyrrole nitrogens is 3. The summed E-state index contributed by atoms with van der Waals surface area (Å²) in [5, 5.41) is 2.36. The van der Waals surface area contributed by atoms with Gasteiger partial charge in [-0.15, -0.1) is 0 Å². The van der Waals surface area contributed by atoms with E-state index in [2.05, 4.69) is 68.1 Å². The number of nitrogens with zero attached hydrogens (tertiary/aromatic N) is 4. The van der Waals surface area contributed by atoms with Crippen molar-refractivity contribution < 1.29 is 66.4 Å². The second-order valence-electron chi connectivity index (χ2n) is 23.7. The number of aromatic nitrogens is 6. The molecule has 0 aliphatic carbocycles. The van der Waals surface area contributed by atoms with Crippen molar-refractivity contribution in [2.45, 2.75) is 240 Å². The number of carbonyl (C=O) groups excluding carboxylic acids is 2. The molecule has 0 radical (unpaired) electrons. The van der Waals surface area contributed by atoms with E-state index in [-0.39, 0.29) is 99.7 Å². The minimum Gasteiger partial charge on any atom is -0.349 e. The molecule has 3 aromatic rings. The number of rotatable bonds is 4. The Balaban J connectivity index is 0.000000116. The molecule has 456 valence electrons. The van der Waals surface area contributed by atoms with E-state index < -0.39 is 87.1 Å². The highest BCUT2D eigenvalue weighted by molar-refractivity contribution is 9.10. The van der Waals surface area contributed by atoms with E-state index >= 15 is 0 Å². The van der Waals surface area contributed by atoms with Gasteiger partial charge in [-0.1, -0.05) is 29.8 Å². The summed E-state index contributed by atoms with van der Waals surface area (Å²) >= 11 is 9.64. The van der Waals surface area contributed by atoms with Crippen LogP contribution in [0.5, 0.6) is 0 Å². The van der Waals surface area contributed by atoms with E-state index in [0.29, 0.717) is 25.0 Å². The van der Waals surface area contributed by atoms with E-state index in [4.69, 9.17) is 56.8 Å². The first-order chi connectivity index (χ1) is 39.0. The van der Waals surface area contributed by atoms with Crippen LogP contribution >= 0.6 is 47.8 Å². The molecule has 0 aromatic carbocycles. The molecule has 31 heteroatoms. The summed E-state index contributed by atoms with van der Waals surface area (Å²) in [7, 11) is 0. The monoisotopic (exact) mass is 1360 g/mol. The first kappa shape index (κ1) is 60.6. The molecular formula is C52H67Br3N8O20. The van der Waals surface area contributed by atoms with Gasteiger partial charge in [-0.05, 0) is 126 Å². The largest absolute Gasteiger partial charge is 0.349 e. The first-order valence-electron chi connectivity index (χ1n) is 27.6. The zero-order valence-corrected chi connectivity index (χ0v) is 51.7. The molecular weight excluding hydrogens is 1300 g/mol. The van der Waals surface area contributed by atoms with Crippen LogP contribution in [-0.2, 0) is 68.1 Å². The number of nitrogens with one attached hydrogen (secondary N) is 4. The van der Waals surface area contributed by atoms with Crippen LogP contribution in [0.3, 0.4) is 0 Å². The van der Waals surface area contributed by atoms with Gasteiger partial charge in [0.05, 0.1) is 39.4 Å². The van der Waals surface area contributed by atoms with Crippen LogP contribution in [0.25, 0.3) is 0 Å². The molecule has 3 amide bonds. The van der Waals surface area contributed by atoms with Crippen molar-refractivity contribution in [1.82, 2.24) is 38.9 Å². The summed E-state index contributed by atoms with van der Waals surface area (Å²) in [6.07, 6.45) is 2.10. The SMILES string of the molecule is CC1(C)OC2[C@@H](O1)[C@H]1CCC3C(Br)C(=O)NC(=O)N3[C@@H]2O1.CC1(C)OC2[C@@H](O1)[C@H]1CCc3cc(=O)[nH]c(=O)n3[C@@H]2O1.CC[C@H]1O[C@@H](n2cc(Br)c(=O)[nH]c2=O)C2OC(C)(C)O[C@H]21.CC[C@H]1O[C@@H](n2cc(Br)c(=O)[nH]c2=O)C2OC(C)(C)O[C@H]21. The lowest BCUT2D eigenvalue weighted by molar-refractivity contribution is -0.199. The molecule has 18 atom stereocenters. The number of hydrogen-bond donors (Lipinski definition) is 4. The number of fused-ring (bicyclic) bond motifs is 16. The number of aryl methyl sites for hydroxylation is 1. The zero-order valence-electron chi connectivity index (χ0n) is 47.0. The van der Waals surface area contributed by atoms with Gasteiger partial charge in [0, 0.05) is 24.2 Å². The Morgan fingerprint density at radius 3 is 1.42 bits per heavy atom. The molecule has 6 unspecified atom stereocenters. The van der Waals surface area contributed by atoms with Crippen LogP contribution in [0, 0.1) is 0 Å². The van der Waals surface area contributed by atoms with Gasteiger partial charge < -0.3 is 56.8 Å². The molecule has 4 N–H and O–H groups in total. The molecule has 10 fully saturated rings. The minimum absolute atomic E-state index is 0.102. The molecule has 83 heavy (non-hydrogen) atoms. The van der Waals surface area contributed by atoms with Gasteiger partial charge in [0.15, 0.2) is 48.1 Å². The van der Waals surface area contributed by atoms with Crippen molar-refractivity contribution in [1.29, 1.82) is 0 Å². The van der Waals surface area contributed by atoms with Crippen LogP contribution in [0.4, 0.5) is 4.79 Å². The van der Waals surface area contributed by atoms with Crippen molar-refractivity contribution >= 4 is 59.7 Å². The Kier molecular flexibility index (Phi) is 16.3. The Bertz CT molecular complexity index is 3280. The number of amides is 3. The quantitative estimate of drug-likeness (QED) is 0.273. The fraction of sp³-hybridized carbons (Fsp3) is 0.731. The fourth-order valence-corrected chi connectivity index (χ4v) is 14.2. The van der Waals surface area contributed by atoms with Crippen molar-refractivity contribution in [3.05, 3.63) is 95.6 Å². The summed E-state index contributed by atoms with van der Waals surface area (Å²) in [5.41, 5.74) is -2.14. The van der Waals surface area contributed by atoms with Gasteiger partial charge in [0.1, 0.15) is 53.7 Å². The van der Waals surface area contributed by atoms with Crippen molar-refractivity contribution in [2.75, 3.05) is 0 Å². The highest BCUT2D eigenvalue weighted by atomic mass is 79.9. The number of halogens is 3. The summed E-state index contributed by atoms with van der Waals surface area (Å²) < 4.78 is 75.6. The van der Waals surface area contributed by atoms with E-state index in [1.807, 2.05) is 69.2 Å². The van der Waals surface area contributed by atoms with Gasteiger partial charge in [-0.25, -0.2) is 19.2 Å². The molecule has 11 aliphatic heterocycles. The summed E-state index contributed by atoms with van der Waals surface area (Å²) in [5.74, 6) is -3.07. The number of aromatic amines is 3. The normalized spacial score (nSPS) is 38.3. The summed E-state index contributed by atoms with van der Waals surface area (Å²) in [4.78, 5) is 103. The van der Waals surface area contributed by atoms with Gasteiger partial charge in [0.25, 0.3) is 16.7 Å². The molecule has 11 aliphatic rings. The predicted octanol–water partition coefficient (Wildman–Crippen LogP) is 2.86. The highest BCUT2D eigenvalue weighted by Crippen LogP contribution is 2.48. The molecule has 0 spiro atoms. The molecule has 28 nitrogen and oxygen atoms in total. The van der Waals surface area contributed by atoms with E-state index in [1.165, 1.54) is 32.2 Å². The van der Waals surface area contributed by atoms with Crippen LogP contribution in [0.2, 0.25) is 0 Å². The number of imide groups is 1. The number of ether oxygens (including phenoxy) is 12. The Labute approximate surface area is 498 Å².